The molecule has 0 saturated carbocycles. The average molecular weight is 608 g/mol. The number of nitrogens with zero attached hydrogens (tertiary/aromatic N) is 1. The predicted molar refractivity (Wildman–Crippen MR) is 157 cm³/mol. The van der Waals surface area contributed by atoms with Gasteiger partial charge in [0.2, 0.25) is 0 Å². The van der Waals surface area contributed by atoms with Crippen molar-refractivity contribution in [2.24, 2.45) is 0 Å². The second kappa shape index (κ2) is 13.3. The predicted octanol–water partition coefficient (Wildman–Crippen LogP) is 6.49. The van der Waals surface area contributed by atoms with E-state index in [9.17, 15) is 14.4 Å². The summed E-state index contributed by atoms with van der Waals surface area (Å²) in [4.78, 5) is 39.1. The van der Waals surface area contributed by atoms with Crippen molar-refractivity contribution in [3.05, 3.63) is 87.9 Å². The number of amides is 4. The molecule has 4 rings (SSSR count). The molecule has 0 spiro atoms. The number of carbonyl (C=O) groups excluding carboxylic acids is 3. The van der Waals surface area contributed by atoms with Crippen LogP contribution in [0.2, 0.25) is 0 Å². The molecule has 0 aromatic heterocycles. The maximum atomic E-state index is 13.2. The fourth-order valence-electron chi connectivity index (χ4n) is 4.09. The number of hydrogen-bond acceptors (Lipinski definition) is 6. The van der Waals surface area contributed by atoms with Gasteiger partial charge in [0, 0.05) is 4.47 Å². The number of hydrogen-bond donors (Lipinski definition) is 1. The molecule has 4 amide bonds. The highest BCUT2D eigenvalue weighted by atomic mass is 79.9. The van der Waals surface area contributed by atoms with Gasteiger partial charge in [0.15, 0.2) is 11.5 Å². The highest BCUT2D eigenvalue weighted by Gasteiger charge is 2.36. The number of anilines is 1. The van der Waals surface area contributed by atoms with E-state index in [1.54, 1.807) is 42.5 Å². The number of halogens is 1. The molecule has 1 N–H and O–H groups in total. The lowest BCUT2D eigenvalue weighted by atomic mass is 9.99. The molecule has 8 nitrogen and oxygen atoms in total. The van der Waals surface area contributed by atoms with Crippen LogP contribution in [-0.2, 0) is 9.59 Å². The molecule has 208 valence electrons. The lowest BCUT2D eigenvalue weighted by molar-refractivity contribution is -0.122. The van der Waals surface area contributed by atoms with Gasteiger partial charge in [0.1, 0.15) is 24.5 Å². The van der Waals surface area contributed by atoms with Crippen molar-refractivity contribution < 1.29 is 28.6 Å². The van der Waals surface area contributed by atoms with Crippen LogP contribution in [-0.4, -0.2) is 37.7 Å². The van der Waals surface area contributed by atoms with Gasteiger partial charge in [-0.2, -0.15) is 0 Å². The molecule has 1 saturated heterocycles. The second-order valence-corrected chi connectivity index (χ2v) is 10.1. The van der Waals surface area contributed by atoms with E-state index < -0.39 is 17.8 Å². The number of nitrogens with one attached hydrogen (secondary N) is 1. The normalized spacial score (nSPS) is 15.2. The summed E-state index contributed by atoms with van der Waals surface area (Å²) in [6.45, 7) is 7.23. The van der Waals surface area contributed by atoms with E-state index in [0.717, 1.165) is 21.5 Å². The Hall–Kier alpha value is -4.11. The van der Waals surface area contributed by atoms with Gasteiger partial charge in [0.05, 0.1) is 12.3 Å². The molecular weight excluding hydrogens is 576 g/mol. The molecule has 0 aliphatic carbocycles. The topological polar surface area (TPSA) is 94.2 Å². The van der Waals surface area contributed by atoms with E-state index in [0.29, 0.717) is 48.5 Å². The first-order valence-corrected chi connectivity index (χ1v) is 13.9. The van der Waals surface area contributed by atoms with Gasteiger partial charge in [-0.05, 0) is 85.0 Å². The van der Waals surface area contributed by atoms with Gasteiger partial charge in [0.25, 0.3) is 11.8 Å². The molecule has 1 aliphatic rings. The molecule has 1 atom stereocenters. The number of barbiturate groups is 1. The lowest BCUT2D eigenvalue weighted by Gasteiger charge is -2.26. The van der Waals surface area contributed by atoms with E-state index in [-0.39, 0.29) is 5.57 Å². The Kier molecular flexibility index (Phi) is 9.60. The lowest BCUT2D eigenvalue weighted by Crippen LogP contribution is -2.54. The molecule has 1 fully saturated rings. The molecule has 0 radical (unpaired) electrons. The number of carbonyl (C=O) groups is 3. The van der Waals surface area contributed by atoms with Crippen LogP contribution in [0.3, 0.4) is 0 Å². The van der Waals surface area contributed by atoms with Crippen LogP contribution in [0.15, 0.2) is 76.8 Å². The molecule has 3 aromatic rings. The third-order valence-electron chi connectivity index (χ3n) is 6.44. The van der Waals surface area contributed by atoms with E-state index in [2.05, 4.69) is 47.2 Å². The number of urea groups is 1. The van der Waals surface area contributed by atoms with Crippen LogP contribution in [0.25, 0.3) is 6.08 Å². The first-order valence-electron chi connectivity index (χ1n) is 13.1. The zero-order chi connectivity index (χ0) is 28.6. The van der Waals surface area contributed by atoms with Gasteiger partial charge in [-0.15, -0.1) is 0 Å². The largest absolute Gasteiger partial charge is 0.490 e. The van der Waals surface area contributed by atoms with Crippen LogP contribution in [0.5, 0.6) is 17.2 Å². The fraction of sp³-hybridized carbons (Fsp3) is 0.258. The summed E-state index contributed by atoms with van der Waals surface area (Å²) < 4.78 is 18.3. The van der Waals surface area contributed by atoms with Crippen LogP contribution >= 0.6 is 15.9 Å². The van der Waals surface area contributed by atoms with Crippen molar-refractivity contribution in [3.8, 4) is 17.2 Å². The maximum absolute atomic E-state index is 13.2. The van der Waals surface area contributed by atoms with Crippen molar-refractivity contribution in [2.45, 2.75) is 33.1 Å². The van der Waals surface area contributed by atoms with Gasteiger partial charge in [-0.1, -0.05) is 48.0 Å². The standard InChI is InChI=1S/C31H31BrN2O6/c1-4-20(3)22-7-13-25(14-8-22)39-16-17-40-27-15-6-21(19-28(27)38-5-2)18-26-29(35)33-31(37)34(30(26)36)24-11-9-23(32)10-12-24/h6-15,18-20H,4-5,16-17H2,1-3H3,(H,33,35,37)/b26-18-/t20-/m0/s1. The SMILES string of the molecule is CCOc1cc(/C=C2/C(=O)NC(=O)N(c3ccc(Br)cc3)C2=O)ccc1OCCOc1ccc([C@@H](C)CC)cc1. The van der Waals surface area contributed by atoms with Crippen molar-refractivity contribution in [2.75, 3.05) is 24.7 Å². The molecule has 1 heterocycles. The van der Waals surface area contributed by atoms with Gasteiger partial charge >= 0.3 is 6.03 Å². The number of rotatable bonds is 11. The first kappa shape index (κ1) is 28.9. The summed E-state index contributed by atoms with van der Waals surface area (Å²) in [5.74, 6) is 0.755. The Balaban J connectivity index is 1.45. The minimum absolute atomic E-state index is 0.175. The van der Waals surface area contributed by atoms with Crippen LogP contribution < -0.4 is 24.4 Å². The van der Waals surface area contributed by atoms with E-state index in [4.69, 9.17) is 14.2 Å². The monoisotopic (exact) mass is 606 g/mol. The van der Waals surface area contributed by atoms with Gasteiger partial charge in [-0.3, -0.25) is 14.9 Å². The molecule has 3 aromatic carbocycles. The van der Waals surface area contributed by atoms with Gasteiger partial charge < -0.3 is 14.2 Å². The summed E-state index contributed by atoms with van der Waals surface area (Å²) in [5, 5.41) is 2.23. The quantitative estimate of drug-likeness (QED) is 0.152. The van der Waals surface area contributed by atoms with E-state index >= 15 is 0 Å². The number of imide groups is 2. The van der Waals surface area contributed by atoms with Gasteiger partial charge in [-0.25, -0.2) is 9.69 Å². The zero-order valence-electron chi connectivity index (χ0n) is 22.6. The second-order valence-electron chi connectivity index (χ2n) is 9.15. The molecular formula is C31H31BrN2O6. The summed E-state index contributed by atoms with van der Waals surface area (Å²) in [7, 11) is 0. The smallest absolute Gasteiger partial charge is 0.335 e. The molecule has 1 aliphatic heterocycles. The first-order chi connectivity index (χ1) is 19.3. The Morgan fingerprint density at radius 1 is 0.875 bits per heavy atom. The van der Waals surface area contributed by atoms with Crippen LogP contribution in [0, 0.1) is 0 Å². The molecule has 9 heteroatoms. The summed E-state index contributed by atoms with van der Waals surface area (Å²) in [6.07, 6.45) is 2.51. The highest BCUT2D eigenvalue weighted by Crippen LogP contribution is 2.31. The Bertz CT molecular complexity index is 1400. The summed E-state index contributed by atoms with van der Waals surface area (Å²) in [6, 6.07) is 19.0. The minimum Gasteiger partial charge on any atom is -0.490 e. The third-order valence-corrected chi connectivity index (χ3v) is 6.96. The van der Waals surface area contributed by atoms with E-state index in [1.165, 1.54) is 11.6 Å². The minimum atomic E-state index is -0.804. The molecule has 0 bridgehead atoms. The number of benzene rings is 3. The Labute approximate surface area is 242 Å². The van der Waals surface area contributed by atoms with Crippen molar-refractivity contribution in [1.82, 2.24) is 5.32 Å². The van der Waals surface area contributed by atoms with Crippen molar-refractivity contribution in [3.63, 3.8) is 0 Å². The fourth-order valence-corrected chi connectivity index (χ4v) is 4.35. The zero-order valence-corrected chi connectivity index (χ0v) is 24.2. The van der Waals surface area contributed by atoms with E-state index in [1.807, 2.05) is 19.1 Å². The average Bonchev–Trinajstić information content (AvgIpc) is 2.95. The van der Waals surface area contributed by atoms with Crippen LogP contribution in [0.4, 0.5) is 10.5 Å². The molecule has 40 heavy (non-hydrogen) atoms. The Morgan fingerprint density at radius 3 is 2.25 bits per heavy atom. The van der Waals surface area contributed by atoms with Crippen molar-refractivity contribution in [1.29, 1.82) is 0 Å². The van der Waals surface area contributed by atoms with Crippen LogP contribution in [0.1, 0.15) is 44.2 Å². The maximum Gasteiger partial charge on any atom is 0.335 e. The van der Waals surface area contributed by atoms with Crippen molar-refractivity contribution >= 4 is 45.5 Å². The Morgan fingerprint density at radius 2 is 1.57 bits per heavy atom. The number of ether oxygens (including phenoxy) is 3. The highest BCUT2D eigenvalue weighted by molar-refractivity contribution is 9.10. The third kappa shape index (κ3) is 6.90. The summed E-state index contributed by atoms with van der Waals surface area (Å²) in [5.41, 5.74) is 1.99. The molecule has 0 unspecified atom stereocenters. The summed E-state index contributed by atoms with van der Waals surface area (Å²) >= 11 is 3.33.